The van der Waals surface area contributed by atoms with Crippen LogP contribution in [0.5, 0.6) is 5.75 Å². The number of hydrogen-bond acceptors (Lipinski definition) is 5. The Labute approximate surface area is 228 Å². The Kier molecular flexibility index (Phi) is 8.80. The normalized spacial score (nSPS) is 22.0. The molecular formula is C28H33Cl2N3O4. The average molecular weight is 546 g/mol. The van der Waals surface area contributed by atoms with Gasteiger partial charge in [0.25, 0.3) is 0 Å². The molecule has 3 heterocycles. The molecule has 5 rings (SSSR count). The number of likely N-dealkylation sites (tertiary alicyclic amines) is 1. The van der Waals surface area contributed by atoms with Crippen LogP contribution < -0.4 is 4.74 Å². The molecule has 0 aliphatic carbocycles. The Balaban J connectivity index is 0.00000320. The van der Waals surface area contributed by atoms with E-state index < -0.39 is 5.79 Å². The lowest BCUT2D eigenvalue weighted by atomic mass is 9.89. The maximum Gasteiger partial charge on any atom is 0.219 e. The molecule has 2 fully saturated rings. The van der Waals surface area contributed by atoms with Gasteiger partial charge < -0.3 is 23.7 Å². The Hall–Kier alpha value is -2.58. The second kappa shape index (κ2) is 11.9. The van der Waals surface area contributed by atoms with Gasteiger partial charge in [-0.05, 0) is 48.6 Å². The second-order valence-electron chi connectivity index (χ2n) is 9.32. The number of carbonyl (C=O) groups is 1. The van der Waals surface area contributed by atoms with Gasteiger partial charge in [0.15, 0.2) is 0 Å². The summed E-state index contributed by atoms with van der Waals surface area (Å²) in [6, 6.07) is 13.5. The number of carbonyl (C=O) groups excluding carboxylic acids is 1. The maximum absolute atomic E-state index is 11.6. The maximum atomic E-state index is 11.6. The highest BCUT2D eigenvalue weighted by Crippen LogP contribution is 2.40. The summed E-state index contributed by atoms with van der Waals surface area (Å²) in [5, 5.41) is 1.03. The number of amides is 1. The van der Waals surface area contributed by atoms with E-state index in [-0.39, 0.29) is 19.4 Å². The Morgan fingerprint density at radius 1 is 1.16 bits per heavy atom. The SMILES string of the molecule is C.CC(=O)N1CCC(c2ccc(OC[C@@H]3CO[C@@](Cn4ccnc4)(c4ccc(Cl)cc4Cl)O3)cc2)CC1. The van der Waals surface area contributed by atoms with E-state index >= 15 is 0 Å². The van der Waals surface area contributed by atoms with Crippen LogP contribution in [0.15, 0.2) is 61.2 Å². The van der Waals surface area contributed by atoms with Crippen LogP contribution >= 0.6 is 23.2 Å². The molecule has 0 spiro atoms. The molecule has 0 unspecified atom stereocenters. The second-order valence-corrected chi connectivity index (χ2v) is 10.2. The highest BCUT2D eigenvalue weighted by atomic mass is 35.5. The summed E-state index contributed by atoms with van der Waals surface area (Å²) in [4.78, 5) is 17.6. The van der Waals surface area contributed by atoms with Crippen molar-refractivity contribution in [1.29, 1.82) is 0 Å². The van der Waals surface area contributed by atoms with Gasteiger partial charge in [0, 0.05) is 43.0 Å². The first-order valence-electron chi connectivity index (χ1n) is 12.1. The highest BCUT2D eigenvalue weighted by Gasteiger charge is 2.45. The number of halogens is 2. The van der Waals surface area contributed by atoms with Crippen LogP contribution in [0, 0.1) is 0 Å². The summed E-state index contributed by atoms with van der Waals surface area (Å²) >= 11 is 12.7. The number of benzene rings is 2. The third-order valence-electron chi connectivity index (χ3n) is 6.88. The zero-order valence-electron chi connectivity index (χ0n) is 20.1. The smallest absolute Gasteiger partial charge is 0.219 e. The molecule has 2 saturated heterocycles. The highest BCUT2D eigenvalue weighted by molar-refractivity contribution is 6.35. The van der Waals surface area contributed by atoms with Crippen LogP contribution in [0.25, 0.3) is 0 Å². The average Bonchev–Trinajstić information content (AvgIpc) is 3.54. The van der Waals surface area contributed by atoms with E-state index in [0.717, 1.165) is 31.7 Å². The molecular weight excluding hydrogens is 513 g/mol. The number of aromatic nitrogens is 2. The van der Waals surface area contributed by atoms with Crippen LogP contribution in [0.3, 0.4) is 0 Å². The van der Waals surface area contributed by atoms with Crippen LogP contribution in [-0.4, -0.2) is 52.8 Å². The largest absolute Gasteiger partial charge is 0.491 e. The third-order valence-corrected chi connectivity index (χ3v) is 7.43. The summed E-state index contributed by atoms with van der Waals surface area (Å²) in [7, 11) is 0. The van der Waals surface area contributed by atoms with Crippen LogP contribution in [0.4, 0.5) is 0 Å². The molecule has 198 valence electrons. The van der Waals surface area contributed by atoms with Gasteiger partial charge in [0.05, 0.1) is 24.5 Å². The molecule has 9 heteroatoms. The Bertz CT molecular complexity index is 1180. The molecule has 2 aliphatic rings. The fourth-order valence-electron chi connectivity index (χ4n) is 4.93. The van der Waals surface area contributed by atoms with E-state index in [2.05, 4.69) is 17.1 Å². The van der Waals surface area contributed by atoms with Crippen LogP contribution in [-0.2, 0) is 26.6 Å². The van der Waals surface area contributed by atoms with Gasteiger partial charge in [0.2, 0.25) is 11.7 Å². The summed E-state index contributed by atoms with van der Waals surface area (Å²) < 4.78 is 20.6. The molecule has 1 aromatic heterocycles. The summed E-state index contributed by atoms with van der Waals surface area (Å²) in [5.41, 5.74) is 1.99. The van der Waals surface area contributed by atoms with Crippen molar-refractivity contribution in [3.05, 3.63) is 82.4 Å². The molecule has 2 aromatic carbocycles. The van der Waals surface area contributed by atoms with Gasteiger partial charge in [-0.2, -0.15) is 0 Å². The molecule has 0 bridgehead atoms. The number of rotatable bonds is 7. The first-order valence-corrected chi connectivity index (χ1v) is 12.9. The summed E-state index contributed by atoms with van der Waals surface area (Å²) in [6.45, 7) is 4.36. The first kappa shape index (κ1) is 27.5. The van der Waals surface area contributed by atoms with Gasteiger partial charge in [-0.15, -0.1) is 0 Å². The van der Waals surface area contributed by atoms with Crippen molar-refractivity contribution < 1.29 is 19.0 Å². The molecule has 0 N–H and O–H groups in total. The van der Waals surface area contributed by atoms with Gasteiger partial charge in [-0.3, -0.25) is 4.79 Å². The topological polar surface area (TPSA) is 65.8 Å². The van der Waals surface area contributed by atoms with E-state index in [0.29, 0.717) is 41.3 Å². The van der Waals surface area contributed by atoms with Gasteiger partial charge in [-0.25, -0.2) is 4.98 Å². The van der Waals surface area contributed by atoms with E-state index in [9.17, 15) is 4.79 Å². The van der Waals surface area contributed by atoms with Crippen molar-refractivity contribution in [3.63, 3.8) is 0 Å². The van der Waals surface area contributed by atoms with E-state index in [1.165, 1.54) is 5.56 Å². The van der Waals surface area contributed by atoms with Gasteiger partial charge in [-0.1, -0.05) is 48.8 Å². The molecule has 3 aromatic rings. The minimum Gasteiger partial charge on any atom is -0.491 e. The standard InChI is InChI=1S/C27H29Cl2N3O4.CH4/c1-19(33)32-11-8-21(9-12-32)20-2-5-23(6-3-20)34-15-24-16-35-27(36-24,17-31-13-10-30-18-31)25-7-4-22(28)14-26(25)29;/h2-7,10,13-14,18,21,24H,8-9,11-12,15-17H2,1H3;1H4/t24-,27-;/m1./s1. The fraction of sp³-hybridized carbons (Fsp3) is 0.429. The van der Waals surface area contributed by atoms with Crippen molar-refractivity contribution in [2.24, 2.45) is 0 Å². The molecule has 2 atom stereocenters. The zero-order chi connectivity index (χ0) is 25.1. The predicted molar refractivity (Wildman–Crippen MR) is 144 cm³/mol. The van der Waals surface area contributed by atoms with Crippen LogP contribution in [0.1, 0.15) is 44.2 Å². The fourth-order valence-corrected chi connectivity index (χ4v) is 5.48. The first-order chi connectivity index (χ1) is 17.4. The Morgan fingerprint density at radius 2 is 1.92 bits per heavy atom. The van der Waals surface area contributed by atoms with Crippen molar-refractivity contribution in [1.82, 2.24) is 14.5 Å². The minimum atomic E-state index is -1.07. The lowest BCUT2D eigenvalue weighted by molar-refractivity contribution is -0.189. The third kappa shape index (κ3) is 6.29. The summed E-state index contributed by atoms with van der Waals surface area (Å²) in [5.74, 6) is 0.326. The number of piperidine rings is 1. The van der Waals surface area contributed by atoms with Crippen molar-refractivity contribution in [3.8, 4) is 5.75 Å². The summed E-state index contributed by atoms with van der Waals surface area (Å²) in [6.07, 6.45) is 6.97. The lowest BCUT2D eigenvalue weighted by Crippen LogP contribution is -2.36. The quantitative estimate of drug-likeness (QED) is 0.369. The van der Waals surface area contributed by atoms with Crippen molar-refractivity contribution >= 4 is 29.1 Å². The van der Waals surface area contributed by atoms with Gasteiger partial charge in [0.1, 0.15) is 18.5 Å². The molecule has 2 aliphatic heterocycles. The number of hydrogen-bond donors (Lipinski definition) is 0. The van der Waals surface area contributed by atoms with Crippen molar-refractivity contribution in [2.75, 3.05) is 26.3 Å². The Morgan fingerprint density at radius 3 is 2.57 bits per heavy atom. The van der Waals surface area contributed by atoms with Crippen molar-refractivity contribution in [2.45, 2.75) is 51.5 Å². The molecule has 0 radical (unpaired) electrons. The van der Waals surface area contributed by atoms with E-state index in [4.69, 9.17) is 37.4 Å². The number of nitrogens with zero attached hydrogens (tertiary/aromatic N) is 3. The molecule has 0 saturated carbocycles. The van der Waals surface area contributed by atoms with Gasteiger partial charge >= 0.3 is 0 Å². The molecule has 37 heavy (non-hydrogen) atoms. The molecule has 1 amide bonds. The molecule has 7 nitrogen and oxygen atoms in total. The number of imidazole rings is 1. The predicted octanol–water partition coefficient (Wildman–Crippen LogP) is 5.90. The van der Waals surface area contributed by atoms with E-state index in [1.807, 2.05) is 33.9 Å². The zero-order valence-corrected chi connectivity index (χ0v) is 21.6. The monoisotopic (exact) mass is 545 g/mol. The lowest BCUT2D eigenvalue weighted by Gasteiger charge is -2.31. The minimum absolute atomic E-state index is 0. The number of ether oxygens (including phenoxy) is 3. The van der Waals surface area contributed by atoms with Crippen LogP contribution in [0.2, 0.25) is 10.0 Å². The van der Waals surface area contributed by atoms with E-state index in [1.54, 1.807) is 31.6 Å².